The van der Waals surface area contributed by atoms with Crippen LogP contribution in [-0.4, -0.2) is 44.9 Å². The van der Waals surface area contributed by atoms with Crippen LogP contribution in [0.15, 0.2) is 24.3 Å². The lowest BCUT2D eigenvalue weighted by Gasteiger charge is -2.08. The molecular formula is C12H15NO7S. The van der Waals surface area contributed by atoms with Crippen LogP contribution < -0.4 is 9.46 Å². The van der Waals surface area contributed by atoms with Gasteiger partial charge in [0, 0.05) is 5.69 Å². The first-order valence-electron chi connectivity index (χ1n) is 5.84. The zero-order valence-electron chi connectivity index (χ0n) is 11.2. The summed E-state index contributed by atoms with van der Waals surface area (Å²) < 4.78 is 34.9. The van der Waals surface area contributed by atoms with E-state index < -0.39 is 34.3 Å². The highest BCUT2D eigenvalue weighted by Gasteiger charge is 2.13. The molecule has 0 amide bonds. The summed E-state index contributed by atoms with van der Waals surface area (Å²) in [5, 5.41) is 8.45. The molecule has 1 rings (SSSR count). The molecule has 8 nitrogen and oxygen atoms in total. The molecule has 0 unspecified atom stereocenters. The highest BCUT2D eigenvalue weighted by molar-refractivity contribution is 7.92. The third-order valence-electron chi connectivity index (χ3n) is 2.29. The molecule has 0 bridgehead atoms. The van der Waals surface area contributed by atoms with Gasteiger partial charge in [0.1, 0.15) is 5.75 Å². The number of carboxylic acid groups (broad SMARTS) is 1. The minimum atomic E-state index is -3.66. The van der Waals surface area contributed by atoms with Crippen LogP contribution in [0.5, 0.6) is 5.75 Å². The van der Waals surface area contributed by atoms with Crippen LogP contribution in [-0.2, 0) is 24.3 Å². The first kappa shape index (κ1) is 16.8. The summed E-state index contributed by atoms with van der Waals surface area (Å²) in [5.74, 6) is -1.81. The van der Waals surface area contributed by atoms with Gasteiger partial charge >= 0.3 is 11.9 Å². The van der Waals surface area contributed by atoms with Crippen molar-refractivity contribution in [3.05, 3.63) is 24.3 Å². The minimum absolute atomic E-state index is 0.244. The average Bonchev–Trinajstić information content (AvgIpc) is 2.43. The number of sulfonamides is 1. The normalized spacial score (nSPS) is 10.7. The van der Waals surface area contributed by atoms with Crippen molar-refractivity contribution in [3.63, 3.8) is 0 Å². The number of aliphatic carboxylic acids is 1. The quantitative estimate of drug-likeness (QED) is 0.668. The Balaban J connectivity index is 2.58. The standard InChI is InChI=1S/C12H15NO7S/c1-19-12(16)6-7-21(17,18)13-9-2-4-10(5-3-9)20-8-11(14)15/h2-5,13H,6-8H2,1H3,(H,14,15). The molecule has 0 aliphatic heterocycles. The number of carboxylic acids is 1. The number of esters is 1. The van der Waals surface area contributed by atoms with Crippen LogP contribution >= 0.6 is 0 Å². The lowest BCUT2D eigenvalue weighted by molar-refractivity contribution is -0.140. The molecule has 0 fully saturated rings. The van der Waals surface area contributed by atoms with Gasteiger partial charge in [-0.15, -0.1) is 0 Å². The smallest absolute Gasteiger partial charge is 0.341 e. The first-order valence-corrected chi connectivity index (χ1v) is 7.49. The summed E-state index contributed by atoms with van der Waals surface area (Å²) in [7, 11) is -2.49. The first-order chi connectivity index (χ1) is 9.82. The van der Waals surface area contributed by atoms with Crippen LogP contribution in [0, 0.1) is 0 Å². The van der Waals surface area contributed by atoms with E-state index in [4.69, 9.17) is 9.84 Å². The van der Waals surface area contributed by atoms with Crippen molar-refractivity contribution in [2.45, 2.75) is 6.42 Å². The van der Waals surface area contributed by atoms with E-state index in [9.17, 15) is 18.0 Å². The van der Waals surface area contributed by atoms with Gasteiger partial charge in [0.05, 0.1) is 19.3 Å². The Morgan fingerprint density at radius 1 is 1.24 bits per heavy atom. The van der Waals surface area contributed by atoms with Gasteiger partial charge < -0.3 is 14.6 Å². The van der Waals surface area contributed by atoms with E-state index in [0.717, 1.165) is 0 Å². The van der Waals surface area contributed by atoms with Crippen molar-refractivity contribution in [3.8, 4) is 5.75 Å². The summed E-state index contributed by atoms with van der Waals surface area (Å²) in [4.78, 5) is 21.2. The van der Waals surface area contributed by atoms with Gasteiger partial charge in [0.15, 0.2) is 6.61 Å². The number of anilines is 1. The molecule has 1 aromatic rings. The van der Waals surface area contributed by atoms with Gasteiger partial charge in [-0.1, -0.05) is 0 Å². The topological polar surface area (TPSA) is 119 Å². The Bertz CT molecular complexity index is 595. The van der Waals surface area contributed by atoms with Gasteiger partial charge in [-0.05, 0) is 24.3 Å². The molecule has 0 atom stereocenters. The largest absolute Gasteiger partial charge is 0.482 e. The number of ether oxygens (including phenoxy) is 2. The zero-order valence-corrected chi connectivity index (χ0v) is 12.1. The van der Waals surface area contributed by atoms with Crippen molar-refractivity contribution in [2.75, 3.05) is 24.2 Å². The molecule has 0 aromatic heterocycles. The second-order valence-electron chi connectivity index (χ2n) is 3.95. The third-order valence-corrected chi connectivity index (χ3v) is 3.58. The van der Waals surface area contributed by atoms with Crippen LogP contribution in [0.1, 0.15) is 6.42 Å². The van der Waals surface area contributed by atoms with Gasteiger partial charge in [0.25, 0.3) is 0 Å². The molecule has 116 valence electrons. The zero-order chi connectivity index (χ0) is 15.9. The second kappa shape index (κ2) is 7.48. The van der Waals surface area contributed by atoms with Gasteiger partial charge in [-0.2, -0.15) is 0 Å². The average molecular weight is 317 g/mol. The maximum Gasteiger partial charge on any atom is 0.341 e. The molecule has 0 aliphatic rings. The molecule has 21 heavy (non-hydrogen) atoms. The number of hydrogen-bond donors (Lipinski definition) is 2. The fraction of sp³-hybridized carbons (Fsp3) is 0.333. The molecular weight excluding hydrogens is 302 g/mol. The third kappa shape index (κ3) is 6.61. The molecule has 1 aromatic carbocycles. The highest BCUT2D eigenvalue weighted by atomic mass is 32.2. The number of rotatable bonds is 8. The highest BCUT2D eigenvalue weighted by Crippen LogP contribution is 2.17. The van der Waals surface area contributed by atoms with E-state index in [2.05, 4.69) is 9.46 Å². The summed E-state index contributed by atoms with van der Waals surface area (Å²) in [6.45, 7) is -0.482. The number of methoxy groups -OCH3 is 1. The fourth-order valence-electron chi connectivity index (χ4n) is 1.31. The number of hydrogen-bond acceptors (Lipinski definition) is 6. The lowest BCUT2D eigenvalue weighted by Crippen LogP contribution is -2.19. The van der Waals surface area contributed by atoms with Crippen molar-refractivity contribution in [2.24, 2.45) is 0 Å². The Morgan fingerprint density at radius 2 is 1.86 bits per heavy atom. The maximum absolute atomic E-state index is 11.7. The lowest BCUT2D eigenvalue weighted by atomic mass is 10.3. The van der Waals surface area contributed by atoms with E-state index in [1.54, 1.807) is 0 Å². The Hall–Kier alpha value is -2.29. The molecule has 0 aliphatic carbocycles. The minimum Gasteiger partial charge on any atom is -0.482 e. The number of carbonyl (C=O) groups excluding carboxylic acids is 1. The fourth-order valence-corrected chi connectivity index (χ4v) is 2.35. The van der Waals surface area contributed by atoms with E-state index in [1.165, 1.54) is 31.4 Å². The van der Waals surface area contributed by atoms with Crippen LogP contribution in [0.4, 0.5) is 5.69 Å². The van der Waals surface area contributed by atoms with Crippen molar-refractivity contribution in [1.29, 1.82) is 0 Å². The van der Waals surface area contributed by atoms with Crippen molar-refractivity contribution < 1.29 is 32.6 Å². The van der Waals surface area contributed by atoms with Crippen LogP contribution in [0.3, 0.4) is 0 Å². The Labute approximate surface area is 121 Å². The summed E-state index contributed by atoms with van der Waals surface area (Å²) in [5.41, 5.74) is 0.280. The van der Waals surface area contributed by atoms with Crippen LogP contribution in [0.25, 0.3) is 0 Å². The van der Waals surface area contributed by atoms with Gasteiger partial charge in [0.2, 0.25) is 10.0 Å². The predicted octanol–water partition coefficient (Wildman–Crippen LogP) is 0.455. The summed E-state index contributed by atoms with van der Waals surface area (Å²) in [6, 6.07) is 5.71. The van der Waals surface area contributed by atoms with E-state index in [-0.39, 0.29) is 12.1 Å². The van der Waals surface area contributed by atoms with Gasteiger partial charge in [-0.3, -0.25) is 9.52 Å². The van der Waals surface area contributed by atoms with Crippen LogP contribution in [0.2, 0.25) is 0 Å². The monoisotopic (exact) mass is 317 g/mol. The number of carbonyl (C=O) groups is 2. The van der Waals surface area contributed by atoms with E-state index in [1.807, 2.05) is 0 Å². The molecule has 0 spiro atoms. The number of nitrogens with one attached hydrogen (secondary N) is 1. The van der Waals surface area contributed by atoms with Crippen molar-refractivity contribution >= 4 is 27.6 Å². The van der Waals surface area contributed by atoms with E-state index >= 15 is 0 Å². The van der Waals surface area contributed by atoms with Crippen molar-refractivity contribution in [1.82, 2.24) is 0 Å². The van der Waals surface area contributed by atoms with E-state index in [0.29, 0.717) is 5.75 Å². The van der Waals surface area contributed by atoms with Gasteiger partial charge in [-0.25, -0.2) is 13.2 Å². The Kier molecular flexibility index (Phi) is 5.97. The SMILES string of the molecule is COC(=O)CCS(=O)(=O)Nc1ccc(OCC(=O)O)cc1. The molecule has 2 N–H and O–H groups in total. The molecule has 0 heterocycles. The second-order valence-corrected chi connectivity index (χ2v) is 5.80. The summed E-state index contributed by atoms with van der Waals surface area (Å²) >= 11 is 0. The predicted molar refractivity (Wildman–Crippen MR) is 73.6 cm³/mol. The number of benzene rings is 1. The molecule has 0 saturated heterocycles. The summed E-state index contributed by atoms with van der Waals surface area (Å²) in [6.07, 6.45) is -0.244. The molecule has 0 radical (unpaired) electrons. The molecule has 0 saturated carbocycles. The molecule has 9 heteroatoms. The Morgan fingerprint density at radius 3 is 2.38 bits per heavy atom. The maximum atomic E-state index is 11.7.